The molecule has 3 N–H and O–H groups in total. The molecule has 1 aromatic carbocycles. The van der Waals surface area contributed by atoms with Crippen molar-refractivity contribution in [1.82, 2.24) is 16.2 Å². The Hall–Kier alpha value is -2.35. The third-order valence-corrected chi connectivity index (χ3v) is 3.40. The summed E-state index contributed by atoms with van der Waals surface area (Å²) in [4.78, 5) is 23.7. The molecule has 0 aliphatic heterocycles. The Morgan fingerprint density at radius 3 is 2.42 bits per heavy atom. The number of unbranched alkanes of at least 4 members (excludes halogenated alkanes) is 2. The zero-order valence-corrected chi connectivity index (χ0v) is 14.9. The molecule has 0 fully saturated rings. The van der Waals surface area contributed by atoms with Crippen LogP contribution in [0, 0.1) is 0 Å². The number of nitrogens with one attached hydrogen (secondary N) is 3. The van der Waals surface area contributed by atoms with Crippen LogP contribution in [0.15, 0.2) is 18.2 Å². The van der Waals surface area contributed by atoms with Gasteiger partial charge in [0, 0.05) is 12.0 Å². The number of hydrazine groups is 1. The summed E-state index contributed by atoms with van der Waals surface area (Å²) < 4.78 is 10.3. The second-order valence-corrected chi connectivity index (χ2v) is 5.39. The van der Waals surface area contributed by atoms with E-state index in [-0.39, 0.29) is 11.0 Å². The van der Waals surface area contributed by atoms with Crippen LogP contribution in [0.1, 0.15) is 43.0 Å². The Bertz CT molecular complexity index is 593. The van der Waals surface area contributed by atoms with Crippen LogP contribution in [0.25, 0.3) is 0 Å². The Kier molecular flexibility index (Phi) is 8.56. The molecule has 2 amide bonds. The van der Waals surface area contributed by atoms with E-state index in [1.54, 1.807) is 18.2 Å². The quantitative estimate of drug-likeness (QED) is 0.394. The van der Waals surface area contributed by atoms with Gasteiger partial charge in [0.1, 0.15) is 0 Å². The van der Waals surface area contributed by atoms with Crippen molar-refractivity contribution in [2.24, 2.45) is 0 Å². The molecule has 0 spiro atoms. The van der Waals surface area contributed by atoms with E-state index in [2.05, 4.69) is 23.1 Å². The van der Waals surface area contributed by atoms with E-state index in [0.29, 0.717) is 23.5 Å². The number of thiocarbonyl (C=S) groups is 1. The first-order valence-corrected chi connectivity index (χ1v) is 8.04. The van der Waals surface area contributed by atoms with Gasteiger partial charge < -0.3 is 14.8 Å². The summed E-state index contributed by atoms with van der Waals surface area (Å²) in [5, 5.41) is 2.56. The van der Waals surface area contributed by atoms with Gasteiger partial charge in [0.15, 0.2) is 16.6 Å². The van der Waals surface area contributed by atoms with Crippen molar-refractivity contribution in [3.63, 3.8) is 0 Å². The Morgan fingerprint density at radius 2 is 1.79 bits per heavy atom. The van der Waals surface area contributed by atoms with E-state index in [1.165, 1.54) is 14.2 Å². The molecule has 0 unspecified atom stereocenters. The van der Waals surface area contributed by atoms with Crippen molar-refractivity contribution >= 4 is 29.1 Å². The maximum atomic E-state index is 12.1. The highest BCUT2D eigenvalue weighted by Gasteiger charge is 2.11. The number of hydrogen-bond donors (Lipinski definition) is 3. The monoisotopic (exact) mass is 353 g/mol. The highest BCUT2D eigenvalue weighted by molar-refractivity contribution is 7.80. The minimum Gasteiger partial charge on any atom is -0.493 e. The zero-order valence-electron chi connectivity index (χ0n) is 14.1. The topological polar surface area (TPSA) is 88.7 Å². The van der Waals surface area contributed by atoms with Crippen LogP contribution < -0.4 is 25.6 Å². The van der Waals surface area contributed by atoms with Crippen molar-refractivity contribution in [3.8, 4) is 11.5 Å². The molecule has 8 heteroatoms. The van der Waals surface area contributed by atoms with E-state index in [0.717, 1.165) is 19.3 Å². The fourth-order valence-electron chi connectivity index (χ4n) is 1.92. The average molecular weight is 353 g/mol. The lowest BCUT2D eigenvalue weighted by Crippen LogP contribution is -2.48. The molecule has 0 aromatic heterocycles. The first-order valence-electron chi connectivity index (χ1n) is 7.64. The van der Waals surface area contributed by atoms with Gasteiger partial charge in [-0.2, -0.15) is 0 Å². The lowest BCUT2D eigenvalue weighted by atomic mass is 10.2. The van der Waals surface area contributed by atoms with Crippen LogP contribution in [-0.4, -0.2) is 31.1 Å². The fourth-order valence-corrected chi connectivity index (χ4v) is 2.08. The third kappa shape index (κ3) is 6.41. The SMILES string of the molecule is CCCCCC(=O)NC(=S)NNC(=O)c1ccc(OC)c(OC)c1. The highest BCUT2D eigenvalue weighted by Crippen LogP contribution is 2.27. The molecule has 0 aliphatic rings. The predicted octanol–water partition coefficient (Wildman–Crippen LogP) is 1.92. The number of carbonyl (C=O) groups is 2. The van der Waals surface area contributed by atoms with Crippen molar-refractivity contribution in [1.29, 1.82) is 0 Å². The lowest BCUT2D eigenvalue weighted by Gasteiger charge is -2.12. The second-order valence-electron chi connectivity index (χ2n) is 4.98. The zero-order chi connectivity index (χ0) is 17.9. The molecule has 1 rings (SSSR count). The lowest BCUT2D eigenvalue weighted by molar-refractivity contribution is -0.119. The Labute approximate surface area is 147 Å². The predicted molar refractivity (Wildman–Crippen MR) is 95.0 cm³/mol. The summed E-state index contributed by atoms with van der Waals surface area (Å²) in [6.07, 6.45) is 3.24. The normalized spacial score (nSPS) is 9.79. The number of rotatable bonds is 7. The van der Waals surface area contributed by atoms with Crippen LogP contribution in [0.2, 0.25) is 0 Å². The molecule has 0 heterocycles. The number of hydrogen-bond acceptors (Lipinski definition) is 5. The van der Waals surface area contributed by atoms with Gasteiger partial charge in [0.05, 0.1) is 14.2 Å². The first-order chi connectivity index (χ1) is 11.5. The number of amides is 2. The smallest absolute Gasteiger partial charge is 0.269 e. The molecule has 0 aliphatic carbocycles. The minimum atomic E-state index is -0.418. The summed E-state index contributed by atoms with van der Waals surface area (Å²) in [7, 11) is 3.00. The van der Waals surface area contributed by atoms with Crippen LogP contribution in [0.4, 0.5) is 0 Å². The van der Waals surface area contributed by atoms with Gasteiger partial charge in [-0.1, -0.05) is 19.8 Å². The molecule has 0 atom stereocenters. The standard InChI is InChI=1S/C16H23N3O4S/c1-4-5-6-7-14(20)17-16(24)19-18-15(21)11-8-9-12(22-2)13(10-11)23-3/h8-10H,4-7H2,1-3H3,(H,18,21)(H2,17,19,20,24). The van der Waals surface area contributed by atoms with Crippen molar-refractivity contribution in [3.05, 3.63) is 23.8 Å². The van der Waals surface area contributed by atoms with Gasteiger partial charge in [-0.15, -0.1) is 0 Å². The minimum absolute atomic E-state index is 0.0466. The maximum Gasteiger partial charge on any atom is 0.269 e. The highest BCUT2D eigenvalue weighted by atomic mass is 32.1. The molecule has 0 saturated carbocycles. The van der Waals surface area contributed by atoms with Crippen LogP contribution >= 0.6 is 12.2 Å². The summed E-state index contributed by atoms with van der Waals surface area (Å²) in [6.45, 7) is 2.06. The Balaban J connectivity index is 2.48. The van der Waals surface area contributed by atoms with E-state index < -0.39 is 5.91 Å². The molecular weight excluding hydrogens is 330 g/mol. The van der Waals surface area contributed by atoms with Gasteiger partial charge >= 0.3 is 0 Å². The van der Waals surface area contributed by atoms with E-state index in [1.807, 2.05) is 0 Å². The van der Waals surface area contributed by atoms with Gasteiger partial charge in [0.25, 0.3) is 5.91 Å². The molecule has 24 heavy (non-hydrogen) atoms. The fraction of sp³-hybridized carbons (Fsp3) is 0.438. The number of benzene rings is 1. The van der Waals surface area contributed by atoms with Gasteiger partial charge in [-0.3, -0.25) is 20.4 Å². The van der Waals surface area contributed by atoms with Gasteiger partial charge in [0.2, 0.25) is 5.91 Å². The van der Waals surface area contributed by atoms with Crippen molar-refractivity contribution in [2.45, 2.75) is 32.6 Å². The third-order valence-electron chi connectivity index (χ3n) is 3.20. The summed E-state index contributed by atoms with van der Waals surface area (Å²) in [5.41, 5.74) is 5.27. The summed E-state index contributed by atoms with van der Waals surface area (Å²) >= 11 is 4.96. The number of methoxy groups -OCH3 is 2. The van der Waals surface area contributed by atoms with E-state index in [4.69, 9.17) is 21.7 Å². The molecule has 132 valence electrons. The van der Waals surface area contributed by atoms with Crippen LogP contribution in [0.3, 0.4) is 0 Å². The first kappa shape index (κ1) is 19.7. The summed E-state index contributed by atoms with van der Waals surface area (Å²) in [6, 6.07) is 4.76. The number of ether oxygens (including phenoxy) is 2. The molecule has 0 radical (unpaired) electrons. The second kappa shape index (κ2) is 10.4. The van der Waals surface area contributed by atoms with E-state index >= 15 is 0 Å². The van der Waals surface area contributed by atoms with Crippen LogP contribution in [0.5, 0.6) is 11.5 Å². The van der Waals surface area contributed by atoms with E-state index in [9.17, 15) is 9.59 Å². The molecule has 1 aromatic rings. The Morgan fingerprint density at radius 1 is 1.08 bits per heavy atom. The van der Waals surface area contributed by atoms with Crippen molar-refractivity contribution in [2.75, 3.05) is 14.2 Å². The van der Waals surface area contributed by atoms with Gasteiger partial charge in [-0.05, 0) is 36.8 Å². The molecule has 7 nitrogen and oxygen atoms in total. The van der Waals surface area contributed by atoms with Gasteiger partial charge in [-0.25, -0.2) is 0 Å². The largest absolute Gasteiger partial charge is 0.493 e. The van der Waals surface area contributed by atoms with Crippen LogP contribution in [-0.2, 0) is 4.79 Å². The molecule has 0 saturated heterocycles. The maximum absolute atomic E-state index is 12.1. The molecule has 0 bridgehead atoms. The summed E-state index contributed by atoms with van der Waals surface area (Å²) in [5.74, 6) is 0.369. The molecular formula is C16H23N3O4S. The van der Waals surface area contributed by atoms with Crippen molar-refractivity contribution < 1.29 is 19.1 Å². The average Bonchev–Trinajstić information content (AvgIpc) is 2.59. The number of carbonyl (C=O) groups excluding carboxylic acids is 2.